The number of hydrogen-bond donors (Lipinski definition) is 1. The molecule has 1 saturated heterocycles. The van der Waals surface area contributed by atoms with Gasteiger partial charge >= 0.3 is 0 Å². The van der Waals surface area contributed by atoms with E-state index < -0.39 is 0 Å². The summed E-state index contributed by atoms with van der Waals surface area (Å²) in [4.78, 5) is 0. The van der Waals surface area contributed by atoms with Gasteiger partial charge in [-0.3, -0.25) is 4.68 Å². The Hall–Kier alpha value is -1.42. The summed E-state index contributed by atoms with van der Waals surface area (Å²) < 4.78 is 15.5. The maximum atomic E-state index is 13.7. The highest BCUT2D eigenvalue weighted by atomic mass is 19.1. The van der Waals surface area contributed by atoms with E-state index in [1.807, 2.05) is 6.07 Å². The van der Waals surface area contributed by atoms with Gasteiger partial charge in [0.25, 0.3) is 0 Å². The van der Waals surface area contributed by atoms with Crippen molar-refractivity contribution in [1.29, 1.82) is 0 Å². The number of nitrogens with zero attached hydrogens (tertiary/aromatic N) is 2. The SMILES string of the molecule is Fc1cccc2cnn(CC3CCNC3)c12. The fourth-order valence-electron chi connectivity index (χ4n) is 2.35. The molecule has 16 heavy (non-hydrogen) atoms. The molecular weight excluding hydrogens is 205 g/mol. The highest BCUT2D eigenvalue weighted by molar-refractivity contribution is 5.79. The zero-order valence-electron chi connectivity index (χ0n) is 8.99. The van der Waals surface area contributed by atoms with Crippen LogP contribution < -0.4 is 5.32 Å². The number of hydrogen-bond acceptors (Lipinski definition) is 2. The summed E-state index contributed by atoms with van der Waals surface area (Å²) in [5, 5.41) is 8.46. The second-order valence-electron chi connectivity index (χ2n) is 4.36. The number of para-hydroxylation sites is 1. The minimum atomic E-state index is -0.180. The van der Waals surface area contributed by atoms with Gasteiger partial charge in [-0.2, -0.15) is 5.10 Å². The normalized spacial score (nSPS) is 20.7. The molecule has 0 spiro atoms. The van der Waals surface area contributed by atoms with Crippen LogP contribution in [-0.2, 0) is 6.54 Å². The molecule has 1 unspecified atom stereocenters. The van der Waals surface area contributed by atoms with E-state index in [0.717, 1.165) is 31.4 Å². The molecule has 4 heteroatoms. The van der Waals surface area contributed by atoms with Crippen LogP contribution in [0.15, 0.2) is 24.4 Å². The second-order valence-corrected chi connectivity index (χ2v) is 4.36. The first-order chi connectivity index (χ1) is 7.84. The van der Waals surface area contributed by atoms with Gasteiger partial charge in [-0.15, -0.1) is 0 Å². The van der Waals surface area contributed by atoms with Gasteiger partial charge < -0.3 is 5.32 Å². The average Bonchev–Trinajstić information content (AvgIpc) is 2.90. The van der Waals surface area contributed by atoms with Crippen molar-refractivity contribution >= 4 is 10.9 Å². The van der Waals surface area contributed by atoms with Crippen molar-refractivity contribution in [2.24, 2.45) is 5.92 Å². The first-order valence-electron chi connectivity index (χ1n) is 5.65. The fourth-order valence-corrected chi connectivity index (χ4v) is 2.35. The summed E-state index contributed by atoms with van der Waals surface area (Å²) in [6.07, 6.45) is 2.89. The first kappa shape index (κ1) is 9.78. The monoisotopic (exact) mass is 219 g/mol. The average molecular weight is 219 g/mol. The van der Waals surface area contributed by atoms with Gasteiger partial charge in [0.15, 0.2) is 0 Å². The second kappa shape index (κ2) is 3.87. The van der Waals surface area contributed by atoms with Crippen LogP contribution in [0.25, 0.3) is 10.9 Å². The number of fused-ring (bicyclic) bond motifs is 1. The molecule has 84 valence electrons. The van der Waals surface area contributed by atoms with E-state index in [0.29, 0.717) is 11.4 Å². The Bertz CT molecular complexity index is 500. The van der Waals surface area contributed by atoms with Crippen LogP contribution in [0.2, 0.25) is 0 Å². The van der Waals surface area contributed by atoms with E-state index in [1.54, 1.807) is 16.9 Å². The highest BCUT2D eigenvalue weighted by Gasteiger charge is 2.17. The quantitative estimate of drug-likeness (QED) is 0.834. The van der Waals surface area contributed by atoms with E-state index in [9.17, 15) is 4.39 Å². The maximum Gasteiger partial charge on any atom is 0.149 e. The lowest BCUT2D eigenvalue weighted by Crippen LogP contribution is -2.15. The standard InChI is InChI=1S/C12H14FN3/c13-11-3-1-2-10-7-15-16(12(10)11)8-9-4-5-14-6-9/h1-3,7,9,14H,4-6,8H2. The largest absolute Gasteiger partial charge is 0.316 e. The topological polar surface area (TPSA) is 29.9 Å². The zero-order chi connectivity index (χ0) is 11.0. The molecule has 0 amide bonds. The molecule has 0 radical (unpaired) electrons. The van der Waals surface area contributed by atoms with Gasteiger partial charge in [-0.05, 0) is 31.5 Å². The van der Waals surface area contributed by atoms with Gasteiger partial charge in [0.1, 0.15) is 11.3 Å². The molecule has 1 aliphatic heterocycles. The Balaban J connectivity index is 1.97. The lowest BCUT2D eigenvalue weighted by atomic mass is 10.1. The molecule has 1 aliphatic rings. The van der Waals surface area contributed by atoms with Crippen LogP contribution in [0.4, 0.5) is 4.39 Å². The third-order valence-electron chi connectivity index (χ3n) is 3.21. The van der Waals surface area contributed by atoms with Gasteiger partial charge in [-0.1, -0.05) is 12.1 Å². The van der Waals surface area contributed by atoms with Crippen molar-refractivity contribution in [3.63, 3.8) is 0 Å². The van der Waals surface area contributed by atoms with Crippen molar-refractivity contribution in [3.8, 4) is 0 Å². The predicted molar refractivity (Wildman–Crippen MR) is 60.7 cm³/mol. The Labute approximate surface area is 93.3 Å². The minimum Gasteiger partial charge on any atom is -0.316 e. The van der Waals surface area contributed by atoms with Crippen molar-refractivity contribution in [2.75, 3.05) is 13.1 Å². The van der Waals surface area contributed by atoms with Crippen LogP contribution in [0, 0.1) is 11.7 Å². The van der Waals surface area contributed by atoms with Gasteiger partial charge in [0.05, 0.1) is 6.20 Å². The summed E-state index contributed by atoms with van der Waals surface area (Å²) in [7, 11) is 0. The number of rotatable bonds is 2. The van der Waals surface area contributed by atoms with Crippen LogP contribution in [0.1, 0.15) is 6.42 Å². The Kier molecular flexibility index (Phi) is 2.36. The molecule has 2 aromatic rings. The number of nitrogens with one attached hydrogen (secondary N) is 1. The molecular formula is C12H14FN3. The first-order valence-corrected chi connectivity index (χ1v) is 5.65. The van der Waals surface area contributed by atoms with Gasteiger partial charge in [0, 0.05) is 11.9 Å². The molecule has 1 aromatic carbocycles. The van der Waals surface area contributed by atoms with E-state index in [-0.39, 0.29) is 5.82 Å². The molecule has 2 heterocycles. The van der Waals surface area contributed by atoms with Crippen LogP contribution in [0.5, 0.6) is 0 Å². The van der Waals surface area contributed by atoms with E-state index in [4.69, 9.17) is 0 Å². The summed E-state index contributed by atoms with van der Waals surface area (Å²) in [6.45, 7) is 2.87. The molecule has 3 rings (SSSR count). The third-order valence-corrected chi connectivity index (χ3v) is 3.21. The number of aromatic nitrogens is 2. The predicted octanol–water partition coefficient (Wildman–Crippen LogP) is 1.78. The smallest absolute Gasteiger partial charge is 0.149 e. The van der Waals surface area contributed by atoms with Crippen LogP contribution in [0.3, 0.4) is 0 Å². The van der Waals surface area contributed by atoms with Crippen molar-refractivity contribution in [3.05, 3.63) is 30.2 Å². The van der Waals surface area contributed by atoms with Gasteiger partial charge in [-0.25, -0.2) is 4.39 Å². The molecule has 1 fully saturated rings. The Morgan fingerprint density at radius 3 is 3.25 bits per heavy atom. The van der Waals surface area contributed by atoms with E-state index in [1.165, 1.54) is 6.07 Å². The van der Waals surface area contributed by atoms with Crippen LogP contribution in [-0.4, -0.2) is 22.9 Å². The molecule has 1 aromatic heterocycles. The number of halogens is 1. The molecule has 0 bridgehead atoms. The number of benzene rings is 1. The Morgan fingerprint density at radius 2 is 2.44 bits per heavy atom. The van der Waals surface area contributed by atoms with E-state index in [2.05, 4.69) is 10.4 Å². The highest BCUT2D eigenvalue weighted by Crippen LogP contribution is 2.19. The molecule has 1 atom stereocenters. The maximum absolute atomic E-state index is 13.7. The molecule has 1 N–H and O–H groups in total. The summed E-state index contributed by atoms with van der Waals surface area (Å²) >= 11 is 0. The van der Waals surface area contributed by atoms with Crippen LogP contribution >= 0.6 is 0 Å². The summed E-state index contributed by atoms with van der Waals surface area (Å²) in [5.41, 5.74) is 0.634. The molecule has 0 saturated carbocycles. The van der Waals surface area contributed by atoms with Crippen molar-refractivity contribution in [1.82, 2.24) is 15.1 Å². The van der Waals surface area contributed by atoms with Crippen molar-refractivity contribution < 1.29 is 4.39 Å². The summed E-state index contributed by atoms with van der Waals surface area (Å²) in [6, 6.07) is 5.11. The minimum absolute atomic E-state index is 0.180. The third kappa shape index (κ3) is 1.59. The van der Waals surface area contributed by atoms with Crippen molar-refractivity contribution in [2.45, 2.75) is 13.0 Å². The van der Waals surface area contributed by atoms with Gasteiger partial charge in [0.2, 0.25) is 0 Å². The molecule has 3 nitrogen and oxygen atoms in total. The van der Waals surface area contributed by atoms with E-state index >= 15 is 0 Å². The zero-order valence-corrected chi connectivity index (χ0v) is 8.99. The molecule has 0 aliphatic carbocycles. The fraction of sp³-hybridized carbons (Fsp3) is 0.417. The Morgan fingerprint density at radius 1 is 1.50 bits per heavy atom. The summed E-state index contributed by atoms with van der Waals surface area (Å²) in [5.74, 6) is 0.392. The lowest BCUT2D eigenvalue weighted by molar-refractivity contribution is 0.455. The lowest BCUT2D eigenvalue weighted by Gasteiger charge is -2.09.